The quantitative estimate of drug-likeness (QED) is 0.767. The molecule has 1 amide bonds. The first-order chi connectivity index (χ1) is 11.7. The minimum Gasteiger partial charge on any atom is -0.316 e. The summed E-state index contributed by atoms with van der Waals surface area (Å²) in [6.07, 6.45) is 6.10. The van der Waals surface area contributed by atoms with Gasteiger partial charge in [-0.2, -0.15) is 5.26 Å². The maximum absolute atomic E-state index is 12.3. The molecule has 0 bridgehead atoms. The number of rotatable bonds is 6. The molecule has 0 spiro atoms. The molecule has 1 unspecified atom stereocenters. The predicted molar refractivity (Wildman–Crippen MR) is 95.0 cm³/mol. The first-order valence-electron chi connectivity index (χ1n) is 8.02. The summed E-state index contributed by atoms with van der Waals surface area (Å²) in [5.74, 6) is 1.46. The van der Waals surface area contributed by atoms with Crippen LogP contribution in [0.1, 0.15) is 44.0 Å². The number of thiophene rings is 1. The van der Waals surface area contributed by atoms with Crippen molar-refractivity contribution < 1.29 is 4.79 Å². The Bertz CT molecular complexity index is 742. The molecular formula is C16H19N5OS2. The lowest BCUT2D eigenvalue weighted by Gasteiger charge is -2.08. The molecule has 2 aromatic heterocycles. The molecule has 2 aromatic rings. The second-order valence-electron chi connectivity index (χ2n) is 5.94. The minimum absolute atomic E-state index is 0.152. The van der Waals surface area contributed by atoms with Crippen LogP contribution in [-0.4, -0.2) is 26.3 Å². The van der Waals surface area contributed by atoms with Crippen LogP contribution in [0, 0.1) is 17.2 Å². The summed E-state index contributed by atoms with van der Waals surface area (Å²) >= 11 is 2.67. The number of nitriles is 1. The number of aromatic amines is 1. The molecule has 8 heteroatoms. The van der Waals surface area contributed by atoms with Gasteiger partial charge >= 0.3 is 0 Å². The van der Waals surface area contributed by atoms with Gasteiger partial charge in [-0.3, -0.25) is 9.89 Å². The Morgan fingerprint density at radius 3 is 3.12 bits per heavy atom. The van der Waals surface area contributed by atoms with Gasteiger partial charge in [0, 0.05) is 6.42 Å². The highest BCUT2D eigenvalue weighted by Gasteiger charge is 2.21. The van der Waals surface area contributed by atoms with Gasteiger partial charge in [-0.1, -0.05) is 37.4 Å². The van der Waals surface area contributed by atoms with E-state index in [1.54, 1.807) is 11.4 Å². The number of hydrogen-bond acceptors (Lipinski definition) is 6. The van der Waals surface area contributed by atoms with Gasteiger partial charge < -0.3 is 5.32 Å². The third kappa shape index (κ3) is 4.16. The Morgan fingerprint density at radius 2 is 2.38 bits per heavy atom. The summed E-state index contributed by atoms with van der Waals surface area (Å²) in [6, 6.07) is 3.76. The maximum atomic E-state index is 12.3. The fraction of sp³-hybridized carbons (Fsp3) is 0.500. The summed E-state index contributed by atoms with van der Waals surface area (Å²) < 4.78 is 0. The molecule has 24 heavy (non-hydrogen) atoms. The third-order valence-electron chi connectivity index (χ3n) is 4.14. The van der Waals surface area contributed by atoms with Crippen LogP contribution in [0.5, 0.6) is 0 Å². The van der Waals surface area contributed by atoms with Gasteiger partial charge in [0.25, 0.3) is 0 Å². The highest BCUT2D eigenvalue weighted by atomic mass is 32.2. The second-order valence-corrected chi connectivity index (χ2v) is 8.17. The first kappa shape index (κ1) is 17.0. The van der Waals surface area contributed by atoms with E-state index in [0.29, 0.717) is 21.6 Å². The number of aromatic nitrogens is 3. The van der Waals surface area contributed by atoms with E-state index in [2.05, 4.69) is 26.6 Å². The van der Waals surface area contributed by atoms with E-state index >= 15 is 0 Å². The molecule has 1 atom stereocenters. The van der Waals surface area contributed by atoms with Crippen molar-refractivity contribution in [3.05, 3.63) is 22.8 Å². The Balaban J connectivity index is 1.54. The number of nitrogens with one attached hydrogen (secondary N) is 2. The molecule has 0 radical (unpaired) electrons. The predicted octanol–water partition coefficient (Wildman–Crippen LogP) is 3.59. The Kier molecular flexibility index (Phi) is 5.53. The Hall–Kier alpha value is -1.85. The van der Waals surface area contributed by atoms with Crippen LogP contribution < -0.4 is 5.32 Å². The van der Waals surface area contributed by atoms with Crippen LogP contribution in [0.15, 0.2) is 16.6 Å². The van der Waals surface area contributed by atoms with Crippen molar-refractivity contribution in [1.82, 2.24) is 15.2 Å². The topological polar surface area (TPSA) is 94.5 Å². The van der Waals surface area contributed by atoms with Crippen molar-refractivity contribution in [1.29, 1.82) is 5.26 Å². The average molecular weight is 361 g/mol. The monoisotopic (exact) mass is 361 g/mol. The highest BCUT2D eigenvalue weighted by Crippen LogP contribution is 2.28. The van der Waals surface area contributed by atoms with Crippen LogP contribution in [0.25, 0.3) is 0 Å². The number of carbonyl (C=O) groups is 1. The van der Waals surface area contributed by atoms with Crippen molar-refractivity contribution in [2.75, 3.05) is 5.32 Å². The lowest BCUT2D eigenvalue weighted by Crippen LogP contribution is -2.22. The Morgan fingerprint density at radius 1 is 1.58 bits per heavy atom. The second kappa shape index (κ2) is 7.81. The zero-order chi connectivity index (χ0) is 16.9. The third-order valence-corrected chi connectivity index (χ3v) is 5.93. The normalized spacial score (nSPS) is 16.0. The number of anilines is 1. The summed E-state index contributed by atoms with van der Waals surface area (Å²) in [5.41, 5.74) is 0.488. The number of hydrogen-bond donors (Lipinski definition) is 2. The number of H-pyrrole nitrogens is 1. The fourth-order valence-electron chi connectivity index (χ4n) is 2.83. The van der Waals surface area contributed by atoms with E-state index < -0.39 is 0 Å². The van der Waals surface area contributed by atoms with Crippen LogP contribution in [0.3, 0.4) is 0 Å². The highest BCUT2D eigenvalue weighted by molar-refractivity contribution is 8.00. The molecule has 0 aromatic carbocycles. The Labute approximate surface area is 149 Å². The molecule has 6 nitrogen and oxygen atoms in total. The molecule has 1 aliphatic carbocycles. The largest absolute Gasteiger partial charge is 0.316 e. The van der Waals surface area contributed by atoms with E-state index in [1.165, 1.54) is 48.8 Å². The van der Waals surface area contributed by atoms with Gasteiger partial charge in [-0.05, 0) is 24.3 Å². The number of carbonyl (C=O) groups excluding carboxylic acids is 1. The number of nitrogens with zero attached hydrogens (tertiary/aromatic N) is 3. The molecule has 2 N–H and O–H groups in total. The van der Waals surface area contributed by atoms with Crippen LogP contribution in [0.4, 0.5) is 5.00 Å². The molecule has 126 valence electrons. The molecule has 0 aliphatic heterocycles. The van der Waals surface area contributed by atoms with E-state index in [4.69, 9.17) is 5.26 Å². The van der Waals surface area contributed by atoms with Gasteiger partial charge in [-0.25, -0.2) is 4.98 Å². The SMILES string of the molecule is CC(Sc1n[nH]c(CC2CCCC2)n1)C(=O)Nc1sccc1C#N. The van der Waals surface area contributed by atoms with Crippen LogP contribution in [-0.2, 0) is 11.2 Å². The van der Waals surface area contributed by atoms with E-state index in [1.807, 2.05) is 6.92 Å². The zero-order valence-electron chi connectivity index (χ0n) is 13.4. The van der Waals surface area contributed by atoms with Crippen molar-refractivity contribution in [3.8, 4) is 6.07 Å². The number of amides is 1. The molecule has 1 saturated carbocycles. The van der Waals surface area contributed by atoms with Crippen LogP contribution in [0.2, 0.25) is 0 Å². The molecule has 2 heterocycles. The lowest BCUT2D eigenvalue weighted by atomic mass is 10.0. The summed E-state index contributed by atoms with van der Waals surface area (Å²) in [4.78, 5) is 16.8. The summed E-state index contributed by atoms with van der Waals surface area (Å²) in [7, 11) is 0. The minimum atomic E-state index is -0.339. The summed E-state index contributed by atoms with van der Waals surface area (Å²) in [5, 5.41) is 21.6. The van der Waals surface area contributed by atoms with Crippen molar-refractivity contribution >= 4 is 34.0 Å². The molecule has 0 saturated heterocycles. The molecule has 1 aliphatic rings. The van der Waals surface area contributed by atoms with Crippen molar-refractivity contribution in [2.45, 2.75) is 49.4 Å². The standard InChI is InChI=1S/C16H19N5OS2/c1-10(14(22)19-15-12(9-17)6-7-23-15)24-16-18-13(20-21-16)8-11-4-2-3-5-11/h6-7,10-11H,2-5,8H2,1H3,(H,19,22)(H,18,20,21). The van der Waals surface area contributed by atoms with E-state index in [-0.39, 0.29) is 11.2 Å². The zero-order valence-corrected chi connectivity index (χ0v) is 15.0. The van der Waals surface area contributed by atoms with Gasteiger partial charge in [0.2, 0.25) is 11.1 Å². The molecular weight excluding hydrogens is 342 g/mol. The van der Waals surface area contributed by atoms with Crippen molar-refractivity contribution in [2.24, 2.45) is 5.92 Å². The smallest absolute Gasteiger partial charge is 0.238 e. The number of thioether (sulfide) groups is 1. The molecule has 3 rings (SSSR count). The lowest BCUT2D eigenvalue weighted by molar-refractivity contribution is -0.115. The van der Waals surface area contributed by atoms with Gasteiger partial charge in [0.1, 0.15) is 16.9 Å². The van der Waals surface area contributed by atoms with Gasteiger partial charge in [0.15, 0.2) is 0 Å². The molecule has 1 fully saturated rings. The van der Waals surface area contributed by atoms with Gasteiger partial charge in [-0.15, -0.1) is 16.4 Å². The first-order valence-corrected chi connectivity index (χ1v) is 9.78. The maximum Gasteiger partial charge on any atom is 0.238 e. The van der Waals surface area contributed by atoms with E-state index in [9.17, 15) is 4.79 Å². The van der Waals surface area contributed by atoms with E-state index in [0.717, 1.165) is 12.2 Å². The summed E-state index contributed by atoms with van der Waals surface area (Å²) in [6.45, 7) is 1.81. The average Bonchev–Trinajstić information content (AvgIpc) is 3.30. The van der Waals surface area contributed by atoms with Gasteiger partial charge in [0.05, 0.1) is 10.8 Å². The van der Waals surface area contributed by atoms with Crippen molar-refractivity contribution in [3.63, 3.8) is 0 Å². The van der Waals surface area contributed by atoms with Crippen LogP contribution >= 0.6 is 23.1 Å². The fourth-order valence-corrected chi connectivity index (χ4v) is 4.31.